The molecule has 0 aromatic heterocycles. The summed E-state index contributed by atoms with van der Waals surface area (Å²) in [5, 5.41) is 31.6. The minimum absolute atomic E-state index is 0.0499. The van der Waals surface area contributed by atoms with Crippen LogP contribution in [0.2, 0.25) is 0 Å². The number of phenolic OH excluding ortho intramolecular Hbond substituents is 1. The van der Waals surface area contributed by atoms with E-state index in [1.807, 2.05) is 0 Å². The summed E-state index contributed by atoms with van der Waals surface area (Å²) < 4.78 is 20.7. The molecule has 0 unspecified atom stereocenters. The molecule has 29 heavy (non-hydrogen) atoms. The predicted octanol–water partition coefficient (Wildman–Crippen LogP) is 1.00. The Morgan fingerprint density at radius 3 is 2.69 bits per heavy atom. The minimum atomic E-state index is -2.28. The highest BCUT2D eigenvalue weighted by atomic mass is 16.6. The molecule has 0 spiro atoms. The number of aromatic hydroxyl groups is 1. The third-order valence-electron chi connectivity index (χ3n) is 5.07. The predicted molar refractivity (Wildman–Crippen MR) is 98.5 cm³/mol. The Bertz CT molecular complexity index is 833. The molecule has 3 rings (SSSR count). The molecule has 0 bridgehead atoms. The number of cyclic esters (lactones) is 1. The fourth-order valence-corrected chi connectivity index (χ4v) is 3.39. The molecule has 0 amide bonds. The Labute approximate surface area is 167 Å². The van der Waals surface area contributed by atoms with E-state index >= 15 is 0 Å². The van der Waals surface area contributed by atoms with Gasteiger partial charge in [-0.05, 0) is 19.1 Å². The van der Waals surface area contributed by atoms with Crippen molar-refractivity contribution in [3.63, 3.8) is 0 Å². The molecule has 9 heteroatoms. The number of esters is 2. The number of hydrogen-bond donors (Lipinski definition) is 3. The topological polar surface area (TPSA) is 135 Å². The molecule has 2 aliphatic heterocycles. The van der Waals surface area contributed by atoms with E-state index in [2.05, 4.69) is 4.74 Å². The van der Waals surface area contributed by atoms with Crippen LogP contribution in [0.3, 0.4) is 0 Å². The van der Waals surface area contributed by atoms with E-state index in [0.29, 0.717) is 11.3 Å². The van der Waals surface area contributed by atoms with Gasteiger partial charge in [0, 0.05) is 24.5 Å². The number of aliphatic hydroxyl groups is 2. The normalized spacial score (nSPS) is 31.8. The standard InChI is InChI=1S/C20H24O9/c1-10-5-4-6-20(25,19(24)27-3)15(22)9-14-17(29-14)12-7-11(26-2)8-13(21)16(12)18(23)28-10/h4,6-8,10,14-15,17,21-22,25H,5,9H2,1-3H3/t10-,14+,15-,17+,20+/m0/s1. The number of aliphatic hydroxyl groups excluding tert-OH is 1. The van der Waals surface area contributed by atoms with Crippen LogP contribution in [-0.4, -0.2) is 65.4 Å². The first kappa shape index (κ1) is 21.1. The molecule has 5 atom stereocenters. The summed E-state index contributed by atoms with van der Waals surface area (Å²) >= 11 is 0. The summed E-state index contributed by atoms with van der Waals surface area (Å²) in [7, 11) is 2.52. The fraction of sp³-hybridized carbons (Fsp3) is 0.500. The van der Waals surface area contributed by atoms with E-state index in [-0.39, 0.29) is 24.2 Å². The fourth-order valence-electron chi connectivity index (χ4n) is 3.39. The maximum absolute atomic E-state index is 12.7. The molecule has 158 valence electrons. The first-order valence-electron chi connectivity index (χ1n) is 9.15. The smallest absolute Gasteiger partial charge is 0.344 e. The van der Waals surface area contributed by atoms with Gasteiger partial charge in [-0.25, -0.2) is 9.59 Å². The zero-order valence-electron chi connectivity index (χ0n) is 16.3. The summed E-state index contributed by atoms with van der Waals surface area (Å²) in [5.41, 5.74) is -1.99. The number of ether oxygens (including phenoxy) is 4. The summed E-state index contributed by atoms with van der Waals surface area (Å²) in [6, 6.07) is 2.84. The molecular formula is C20H24O9. The molecule has 0 aliphatic carbocycles. The van der Waals surface area contributed by atoms with Gasteiger partial charge < -0.3 is 34.3 Å². The monoisotopic (exact) mass is 408 g/mol. The van der Waals surface area contributed by atoms with Crippen molar-refractivity contribution in [2.24, 2.45) is 0 Å². The highest BCUT2D eigenvalue weighted by molar-refractivity contribution is 5.95. The van der Waals surface area contributed by atoms with Gasteiger partial charge in [0.1, 0.15) is 29.3 Å². The first-order chi connectivity index (χ1) is 13.7. The van der Waals surface area contributed by atoms with Crippen LogP contribution in [0.5, 0.6) is 11.5 Å². The number of hydrogen-bond acceptors (Lipinski definition) is 9. The molecule has 2 heterocycles. The number of carbonyl (C=O) groups is 2. The lowest BCUT2D eigenvalue weighted by molar-refractivity contribution is -0.167. The Morgan fingerprint density at radius 2 is 2.03 bits per heavy atom. The summed E-state index contributed by atoms with van der Waals surface area (Å²) in [5.74, 6) is -1.76. The molecule has 1 aromatic carbocycles. The molecule has 1 fully saturated rings. The van der Waals surface area contributed by atoms with E-state index < -0.39 is 42.0 Å². The van der Waals surface area contributed by atoms with Gasteiger partial charge in [-0.15, -0.1) is 0 Å². The second kappa shape index (κ2) is 8.02. The molecular weight excluding hydrogens is 384 g/mol. The largest absolute Gasteiger partial charge is 0.507 e. The van der Waals surface area contributed by atoms with Crippen molar-refractivity contribution in [3.8, 4) is 11.5 Å². The molecule has 1 saturated heterocycles. The highest BCUT2D eigenvalue weighted by Gasteiger charge is 2.50. The average molecular weight is 408 g/mol. The van der Waals surface area contributed by atoms with Crippen LogP contribution in [0.15, 0.2) is 24.3 Å². The number of fused-ring (bicyclic) bond motifs is 3. The SMILES string of the molecule is COC(=O)[C@@]1(O)C=CC[C@H](C)OC(=O)c2c(O)cc(OC)cc2[C@H]2O[C@@H]2C[C@@H]1O. The zero-order valence-corrected chi connectivity index (χ0v) is 16.3. The van der Waals surface area contributed by atoms with Gasteiger partial charge in [0.05, 0.1) is 26.4 Å². The Balaban J connectivity index is 2.02. The Hall–Kier alpha value is -2.62. The molecule has 0 saturated carbocycles. The summed E-state index contributed by atoms with van der Waals surface area (Å²) in [6.07, 6.45) is -0.802. The Morgan fingerprint density at radius 1 is 1.31 bits per heavy atom. The van der Waals surface area contributed by atoms with Gasteiger partial charge in [0.2, 0.25) is 5.60 Å². The zero-order chi connectivity index (χ0) is 21.3. The second-order valence-electron chi connectivity index (χ2n) is 7.13. The van der Waals surface area contributed by atoms with Crippen LogP contribution in [-0.2, 0) is 19.0 Å². The van der Waals surface area contributed by atoms with Crippen molar-refractivity contribution in [2.75, 3.05) is 14.2 Å². The van der Waals surface area contributed by atoms with E-state index in [0.717, 1.165) is 13.2 Å². The summed E-state index contributed by atoms with van der Waals surface area (Å²) in [4.78, 5) is 24.8. The highest BCUT2D eigenvalue weighted by Crippen LogP contribution is 2.47. The van der Waals surface area contributed by atoms with Gasteiger partial charge in [0.15, 0.2) is 0 Å². The van der Waals surface area contributed by atoms with Gasteiger partial charge in [-0.2, -0.15) is 0 Å². The van der Waals surface area contributed by atoms with E-state index in [9.17, 15) is 24.9 Å². The summed E-state index contributed by atoms with van der Waals surface area (Å²) in [6.45, 7) is 1.62. The lowest BCUT2D eigenvalue weighted by Gasteiger charge is -2.27. The third kappa shape index (κ3) is 4.07. The van der Waals surface area contributed by atoms with Crippen molar-refractivity contribution in [1.29, 1.82) is 0 Å². The van der Waals surface area contributed by atoms with Crippen LogP contribution in [0.4, 0.5) is 0 Å². The number of carbonyl (C=O) groups excluding carboxylic acids is 2. The van der Waals surface area contributed by atoms with Crippen LogP contribution in [0, 0.1) is 0 Å². The van der Waals surface area contributed by atoms with Crippen molar-refractivity contribution in [1.82, 2.24) is 0 Å². The van der Waals surface area contributed by atoms with E-state index in [1.165, 1.54) is 19.3 Å². The van der Waals surface area contributed by atoms with Gasteiger partial charge >= 0.3 is 11.9 Å². The molecule has 9 nitrogen and oxygen atoms in total. The lowest BCUT2D eigenvalue weighted by atomic mass is 9.90. The average Bonchev–Trinajstić information content (AvgIpc) is 3.44. The molecule has 0 radical (unpaired) electrons. The molecule has 2 aliphatic rings. The van der Waals surface area contributed by atoms with Gasteiger partial charge in [0.25, 0.3) is 0 Å². The molecule has 1 aromatic rings. The van der Waals surface area contributed by atoms with Crippen LogP contribution in [0.25, 0.3) is 0 Å². The number of rotatable bonds is 2. The van der Waals surface area contributed by atoms with E-state index in [4.69, 9.17) is 14.2 Å². The van der Waals surface area contributed by atoms with Crippen molar-refractivity contribution in [2.45, 2.75) is 49.8 Å². The van der Waals surface area contributed by atoms with Crippen LogP contribution >= 0.6 is 0 Å². The van der Waals surface area contributed by atoms with Crippen LogP contribution < -0.4 is 4.74 Å². The third-order valence-corrected chi connectivity index (χ3v) is 5.07. The maximum Gasteiger partial charge on any atom is 0.344 e. The van der Waals surface area contributed by atoms with Crippen LogP contribution in [0.1, 0.15) is 41.8 Å². The minimum Gasteiger partial charge on any atom is -0.507 e. The first-order valence-corrected chi connectivity index (χ1v) is 9.15. The lowest BCUT2D eigenvalue weighted by Crippen LogP contribution is -2.49. The van der Waals surface area contributed by atoms with Crippen molar-refractivity contribution < 1.29 is 43.9 Å². The van der Waals surface area contributed by atoms with Crippen molar-refractivity contribution >= 4 is 11.9 Å². The number of epoxide rings is 1. The number of phenols is 1. The van der Waals surface area contributed by atoms with E-state index in [1.54, 1.807) is 13.0 Å². The molecule has 3 N–H and O–H groups in total. The quantitative estimate of drug-likeness (QED) is 0.372. The Kier molecular flexibility index (Phi) is 5.83. The van der Waals surface area contributed by atoms with Gasteiger partial charge in [-0.3, -0.25) is 0 Å². The number of benzene rings is 1. The maximum atomic E-state index is 12.7. The van der Waals surface area contributed by atoms with Gasteiger partial charge in [-0.1, -0.05) is 6.08 Å². The second-order valence-corrected chi connectivity index (χ2v) is 7.13. The van der Waals surface area contributed by atoms with Crippen molar-refractivity contribution in [3.05, 3.63) is 35.4 Å². The number of methoxy groups -OCH3 is 2.